The molecule has 3 aromatic carbocycles. The molecule has 0 spiro atoms. The summed E-state index contributed by atoms with van der Waals surface area (Å²) >= 11 is 0. The fourth-order valence-corrected chi connectivity index (χ4v) is 5.43. The second-order valence-electron chi connectivity index (χ2n) is 9.21. The van der Waals surface area contributed by atoms with E-state index in [4.69, 9.17) is 0 Å². The minimum atomic E-state index is -4.06. The van der Waals surface area contributed by atoms with Crippen LogP contribution in [0.15, 0.2) is 77.7 Å². The molecule has 7 nitrogen and oxygen atoms in total. The molecule has 3 aromatic rings. The van der Waals surface area contributed by atoms with Crippen molar-refractivity contribution in [1.82, 2.24) is 10.2 Å². The number of carbonyl (C=O) groups excluding carboxylic acids is 2. The van der Waals surface area contributed by atoms with Gasteiger partial charge in [-0.05, 0) is 75.1 Å². The van der Waals surface area contributed by atoms with Gasteiger partial charge in [-0.25, -0.2) is 8.42 Å². The molecule has 1 N–H and O–H groups in total. The van der Waals surface area contributed by atoms with E-state index in [1.807, 2.05) is 57.2 Å². The summed E-state index contributed by atoms with van der Waals surface area (Å²) in [6.07, 6.45) is 0.530. The van der Waals surface area contributed by atoms with Crippen LogP contribution in [-0.4, -0.2) is 51.3 Å². The second kappa shape index (κ2) is 12.1. The van der Waals surface area contributed by atoms with Crippen molar-refractivity contribution in [3.63, 3.8) is 0 Å². The summed E-state index contributed by atoms with van der Waals surface area (Å²) in [6.45, 7) is 7.20. The fourth-order valence-electron chi connectivity index (χ4n) is 4.03. The molecular formula is C29H35N3O4S. The van der Waals surface area contributed by atoms with Crippen molar-refractivity contribution in [1.29, 1.82) is 0 Å². The first-order valence-electron chi connectivity index (χ1n) is 12.3. The fraction of sp³-hybridized carbons (Fsp3) is 0.310. The molecule has 0 saturated carbocycles. The van der Waals surface area contributed by atoms with Gasteiger partial charge in [-0.3, -0.25) is 13.9 Å². The molecule has 196 valence electrons. The molecule has 2 amide bonds. The van der Waals surface area contributed by atoms with Gasteiger partial charge >= 0.3 is 0 Å². The van der Waals surface area contributed by atoms with E-state index in [-0.39, 0.29) is 17.3 Å². The zero-order chi connectivity index (χ0) is 27.2. The zero-order valence-electron chi connectivity index (χ0n) is 22.1. The Hall–Kier alpha value is -3.65. The molecule has 0 bridgehead atoms. The van der Waals surface area contributed by atoms with E-state index in [1.165, 1.54) is 11.9 Å². The van der Waals surface area contributed by atoms with E-state index in [2.05, 4.69) is 5.32 Å². The maximum atomic E-state index is 13.8. The standard InChI is InChI=1S/C29H35N3O4S/c1-21-11-15-27(16-12-21)37(35,36)32(26-14-13-22(2)23(3)19-26)20-28(33)31(24(4)29(34)30-5)18-17-25-9-7-6-8-10-25/h6-16,19,24H,17-18,20H2,1-5H3,(H,30,34). The van der Waals surface area contributed by atoms with Crippen LogP contribution in [0.3, 0.4) is 0 Å². The van der Waals surface area contributed by atoms with Crippen LogP contribution in [-0.2, 0) is 26.0 Å². The molecule has 0 aliphatic carbocycles. The summed E-state index contributed by atoms with van der Waals surface area (Å²) in [7, 11) is -2.55. The molecule has 8 heteroatoms. The molecular weight excluding hydrogens is 486 g/mol. The van der Waals surface area contributed by atoms with Crippen LogP contribution in [0.4, 0.5) is 5.69 Å². The first kappa shape index (κ1) is 27.9. The van der Waals surface area contributed by atoms with Crippen LogP contribution in [0.5, 0.6) is 0 Å². The van der Waals surface area contributed by atoms with Gasteiger partial charge in [-0.2, -0.15) is 0 Å². The van der Waals surface area contributed by atoms with E-state index in [0.29, 0.717) is 12.1 Å². The summed E-state index contributed by atoms with van der Waals surface area (Å²) in [6, 6.07) is 20.7. The van der Waals surface area contributed by atoms with Crippen LogP contribution < -0.4 is 9.62 Å². The molecule has 37 heavy (non-hydrogen) atoms. The Labute approximate surface area is 220 Å². The Morgan fingerprint density at radius 2 is 1.54 bits per heavy atom. The lowest BCUT2D eigenvalue weighted by Crippen LogP contribution is -2.51. The summed E-state index contributed by atoms with van der Waals surface area (Å²) in [4.78, 5) is 27.8. The van der Waals surface area contributed by atoms with Crippen LogP contribution in [0.25, 0.3) is 0 Å². The number of carbonyl (C=O) groups is 2. The van der Waals surface area contributed by atoms with Crippen molar-refractivity contribution in [3.05, 3.63) is 95.1 Å². The highest BCUT2D eigenvalue weighted by Crippen LogP contribution is 2.26. The third kappa shape index (κ3) is 6.77. The van der Waals surface area contributed by atoms with Crippen LogP contribution in [0.2, 0.25) is 0 Å². The molecule has 0 aromatic heterocycles. The lowest BCUT2D eigenvalue weighted by molar-refractivity contribution is -0.138. The first-order valence-corrected chi connectivity index (χ1v) is 13.7. The second-order valence-corrected chi connectivity index (χ2v) is 11.1. The van der Waals surface area contributed by atoms with Gasteiger partial charge < -0.3 is 10.2 Å². The molecule has 1 unspecified atom stereocenters. The van der Waals surface area contributed by atoms with Gasteiger partial charge in [0.05, 0.1) is 10.6 Å². The lowest BCUT2D eigenvalue weighted by atomic mass is 10.1. The maximum absolute atomic E-state index is 13.8. The minimum absolute atomic E-state index is 0.0966. The third-order valence-corrected chi connectivity index (χ3v) is 8.35. The van der Waals surface area contributed by atoms with Crippen molar-refractivity contribution in [2.24, 2.45) is 0 Å². The summed E-state index contributed by atoms with van der Waals surface area (Å²) in [5, 5.41) is 2.59. The monoisotopic (exact) mass is 521 g/mol. The van der Waals surface area contributed by atoms with Gasteiger partial charge in [-0.1, -0.05) is 54.1 Å². The van der Waals surface area contributed by atoms with E-state index in [0.717, 1.165) is 26.6 Å². The Bertz CT molecular complexity index is 1340. The van der Waals surface area contributed by atoms with Gasteiger partial charge in [0.2, 0.25) is 11.8 Å². The molecule has 0 aliphatic heterocycles. The third-order valence-electron chi connectivity index (χ3n) is 6.56. The van der Waals surface area contributed by atoms with Crippen molar-refractivity contribution >= 4 is 27.5 Å². The van der Waals surface area contributed by atoms with E-state index >= 15 is 0 Å². The summed E-state index contributed by atoms with van der Waals surface area (Å²) < 4.78 is 28.8. The average molecular weight is 522 g/mol. The maximum Gasteiger partial charge on any atom is 0.264 e. The Balaban J connectivity index is 2.00. The van der Waals surface area contributed by atoms with Gasteiger partial charge in [0.25, 0.3) is 10.0 Å². The highest BCUT2D eigenvalue weighted by molar-refractivity contribution is 7.92. The number of nitrogens with zero attached hydrogens (tertiary/aromatic N) is 2. The van der Waals surface area contributed by atoms with Gasteiger partial charge in [0.15, 0.2) is 0 Å². The van der Waals surface area contributed by atoms with Crippen molar-refractivity contribution in [2.75, 3.05) is 24.4 Å². The normalized spacial score (nSPS) is 12.0. The van der Waals surface area contributed by atoms with Crippen molar-refractivity contribution < 1.29 is 18.0 Å². The molecule has 0 fully saturated rings. The summed E-state index contributed by atoms with van der Waals surface area (Å²) in [5.41, 5.74) is 4.27. The number of rotatable bonds is 10. The molecule has 0 heterocycles. The van der Waals surface area contributed by atoms with Gasteiger partial charge in [0, 0.05) is 13.6 Å². The molecule has 0 saturated heterocycles. The Morgan fingerprint density at radius 3 is 2.14 bits per heavy atom. The number of sulfonamides is 1. The highest BCUT2D eigenvalue weighted by atomic mass is 32.2. The van der Waals surface area contributed by atoms with E-state index in [1.54, 1.807) is 43.3 Å². The lowest BCUT2D eigenvalue weighted by Gasteiger charge is -2.32. The predicted molar refractivity (Wildman–Crippen MR) is 147 cm³/mol. The number of aryl methyl sites for hydroxylation is 3. The van der Waals surface area contributed by atoms with Crippen molar-refractivity contribution in [3.8, 4) is 0 Å². The predicted octanol–water partition coefficient (Wildman–Crippen LogP) is 4.01. The number of anilines is 1. The van der Waals surface area contributed by atoms with Crippen LogP contribution in [0.1, 0.15) is 29.2 Å². The smallest absolute Gasteiger partial charge is 0.264 e. The zero-order valence-corrected chi connectivity index (χ0v) is 22.9. The van der Waals surface area contributed by atoms with Gasteiger partial charge in [-0.15, -0.1) is 0 Å². The topological polar surface area (TPSA) is 86.8 Å². The SMILES string of the molecule is CNC(=O)C(C)N(CCc1ccccc1)C(=O)CN(c1ccc(C)c(C)c1)S(=O)(=O)c1ccc(C)cc1. The molecule has 0 radical (unpaired) electrons. The minimum Gasteiger partial charge on any atom is -0.357 e. The number of likely N-dealkylation sites (N-methyl/N-ethyl adjacent to an activating group) is 1. The first-order chi connectivity index (χ1) is 17.5. The quantitative estimate of drug-likeness (QED) is 0.437. The highest BCUT2D eigenvalue weighted by Gasteiger charge is 2.32. The van der Waals surface area contributed by atoms with E-state index < -0.39 is 28.5 Å². The Morgan fingerprint density at radius 1 is 0.892 bits per heavy atom. The average Bonchev–Trinajstić information content (AvgIpc) is 2.89. The largest absolute Gasteiger partial charge is 0.357 e. The number of hydrogen-bond donors (Lipinski definition) is 1. The number of hydrogen-bond acceptors (Lipinski definition) is 4. The Kier molecular flexibility index (Phi) is 9.10. The molecule has 0 aliphatic rings. The number of amides is 2. The summed E-state index contributed by atoms with van der Waals surface area (Å²) in [5.74, 6) is -0.776. The molecule has 1 atom stereocenters. The number of benzene rings is 3. The van der Waals surface area contributed by atoms with E-state index in [9.17, 15) is 18.0 Å². The van der Waals surface area contributed by atoms with Crippen LogP contribution in [0, 0.1) is 20.8 Å². The van der Waals surface area contributed by atoms with Gasteiger partial charge in [0.1, 0.15) is 12.6 Å². The number of nitrogens with one attached hydrogen (secondary N) is 1. The van der Waals surface area contributed by atoms with Crippen molar-refractivity contribution in [2.45, 2.75) is 45.1 Å². The molecule has 3 rings (SSSR count). The van der Waals surface area contributed by atoms with Crippen LogP contribution >= 0.6 is 0 Å².